The van der Waals surface area contributed by atoms with Gasteiger partial charge in [-0.3, -0.25) is 4.79 Å². The number of benzene rings is 1. The molecule has 6 nitrogen and oxygen atoms in total. The molecule has 0 aliphatic heterocycles. The summed E-state index contributed by atoms with van der Waals surface area (Å²) < 4.78 is 43.2. The van der Waals surface area contributed by atoms with Crippen LogP contribution in [-0.4, -0.2) is 12.6 Å². The number of hydrogen-bond acceptors (Lipinski definition) is 6. The Labute approximate surface area is 111 Å². The van der Waals surface area contributed by atoms with Crippen LogP contribution in [0.5, 0.6) is 5.75 Å². The van der Waals surface area contributed by atoms with Crippen molar-refractivity contribution in [3.05, 3.63) is 29.3 Å². The summed E-state index contributed by atoms with van der Waals surface area (Å²) in [7, 11) is 0. The Bertz CT molecular complexity index is 526. The molecule has 0 aliphatic rings. The zero-order valence-electron chi connectivity index (χ0n) is 10.0. The molecule has 0 spiro atoms. The van der Waals surface area contributed by atoms with Gasteiger partial charge < -0.3 is 9.57 Å². The van der Waals surface area contributed by atoms with Crippen molar-refractivity contribution in [2.75, 3.05) is 6.61 Å². The van der Waals surface area contributed by atoms with Gasteiger partial charge in [0.05, 0.1) is 30.2 Å². The van der Waals surface area contributed by atoms with Crippen LogP contribution in [0.4, 0.5) is 13.2 Å². The summed E-state index contributed by atoms with van der Waals surface area (Å²) in [6.07, 6.45) is -4.96. The van der Waals surface area contributed by atoms with Crippen molar-refractivity contribution in [3.8, 4) is 11.8 Å². The molecule has 0 saturated carbocycles. The van der Waals surface area contributed by atoms with Crippen molar-refractivity contribution in [2.24, 2.45) is 5.84 Å². The van der Waals surface area contributed by atoms with E-state index in [2.05, 4.69) is 4.84 Å². The Morgan fingerprint density at radius 2 is 2.15 bits per heavy atom. The maximum absolute atomic E-state index is 12.8. The topological polar surface area (TPSA) is 97.4 Å². The van der Waals surface area contributed by atoms with Gasteiger partial charge in [0, 0.05) is 0 Å². The van der Waals surface area contributed by atoms with Gasteiger partial charge in [-0.15, -0.1) is 0 Å². The quantitative estimate of drug-likeness (QED) is 0.625. The number of carbonyl (C=O) groups excluding carboxylic acids is 1. The number of hydrogen-bond donors (Lipinski definition) is 2. The minimum Gasteiger partial charge on any atom is -0.492 e. The summed E-state index contributed by atoms with van der Waals surface area (Å²) in [6.45, 7) is -0.324. The second kappa shape index (κ2) is 6.74. The van der Waals surface area contributed by atoms with E-state index in [0.29, 0.717) is 6.07 Å². The maximum atomic E-state index is 12.8. The van der Waals surface area contributed by atoms with Crippen molar-refractivity contribution >= 4 is 5.97 Å². The van der Waals surface area contributed by atoms with Crippen LogP contribution in [0, 0.1) is 11.3 Å². The number of nitriles is 1. The first kappa shape index (κ1) is 15.7. The van der Waals surface area contributed by atoms with Crippen LogP contribution >= 0.6 is 0 Å². The van der Waals surface area contributed by atoms with E-state index in [1.54, 1.807) is 11.7 Å². The van der Waals surface area contributed by atoms with Gasteiger partial charge >= 0.3 is 12.1 Å². The van der Waals surface area contributed by atoms with Gasteiger partial charge in [-0.1, -0.05) is 5.59 Å². The molecule has 0 bridgehead atoms. The van der Waals surface area contributed by atoms with Crippen molar-refractivity contribution < 1.29 is 27.5 Å². The van der Waals surface area contributed by atoms with E-state index >= 15 is 0 Å². The summed E-state index contributed by atoms with van der Waals surface area (Å²) in [6, 6.07) is 4.49. The molecular formula is C11H10F3N3O3. The number of halogens is 3. The third-order valence-corrected chi connectivity index (χ3v) is 2.15. The van der Waals surface area contributed by atoms with Crippen molar-refractivity contribution in [1.82, 2.24) is 5.59 Å². The molecule has 0 aromatic heterocycles. The lowest BCUT2D eigenvalue weighted by Crippen LogP contribution is -2.27. The molecule has 0 heterocycles. The highest BCUT2D eigenvalue weighted by Gasteiger charge is 2.34. The first-order valence-electron chi connectivity index (χ1n) is 5.28. The lowest BCUT2D eigenvalue weighted by atomic mass is 10.1. The molecule has 1 rings (SSSR count). The van der Waals surface area contributed by atoms with Crippen molar-refractivity contribution in [3.63, 3.8) is 0 Å². The average molecular weight is 289 g/mol. The Morgan fingerprint density at radius 1 is 1.45 bits per heavy atom. The molecule has 1 aromatic carbocycles. The Hall–Kier alpha value is -2.31. The number of nitrogens with one attached hydrogen (secondary N) is 1. The number of rotatable bonds is 5. The molecule has 1 aromatic rings. The number of nitrogens with zero attached hydrogens (tertiary/aromatic N) is 1. The number of ether oxygens (including phenoxy) is 1. The van der Waals surface area contributed by atoms with Gasteiger partial charge in [0.2, 0.25) is 0 Å². The first-order chi connectivity index (χ1) is 9.38. The Morgan fingerprint density at radius 3 is 2.70 bits per heavy atom. The second-order valence-corrected chi connectivity index (χ2v) is 3.51. The summed E-state index contributed by atoms with van der Waals surface area (Å²) in [5.41, 5.74) is 0.422. The molecule has 9 heteroatoms. The highest BCUT2D eigenvalue weighted by atomic mass is 19.4. The first-order valence-corrected chi connectivity index (χ1v) is 5.28. The van der Waals surface area contributed by atoms with Gasteiger partial charge in [-0.05, 0) is 18.2 Å². The monoisotopic (exact) mass is 289 g/mol. The van der Waals surface area contributed by atoms with Crippen molar-refractivity contribution in [1.29, 1.82) is 5.26 Å². The lowest BCUT2D eigenvalue weighted by Gasteiger charge is -2.13. The molecule has 0 radical (unpaired) electrons. The van der Waals surface area contributed by atoms with Crippen LogP contribution in [-0.2, 0) is 15.8 Å². The van der Waals surface area contributed by atoms with Crippen LogP contribution in [0.25, 0.3) is 0 Å². The molecule has 20 heavy (non-hydrogen) atoms. The van der Waals surface area contributed by atoms with Crippen LogP contribution in [0.15, 0.2) is 18.2 Å². The van der Waals surface area contributed by atoms with Gasteiger partial charge in [-0.2, -0.15) is 18.4 Å². The molecule has 3 N–H and O–H groups in total. The highest BCUT2D eigenvalue weighted by Crippen LogP contribution is 2.36. The molecular weight excluding hydrogens is 279 g/mol. The molecule has 0 atom stereocenters. The van der Waals surface area contributed by atoms with E-state index < -0.39 is 23.5 Å². The van der Waals surface area contributed by atoms with E-state index in [4.69, 9.17) is 15.8 Å². The van der Waals surface area contributed by atoms with E-state index in [0.717, 1.165) is 6.07 Å². The van der Waals surface area contributed by atoms with E-state index in [1.165, 1.54) is 6.07 Å². The van der Waals surface area contributed by atoms with Crippen LogP contribution < -0.4 is 16.2 Å². The fourth-order valence-electron chi connectivity index (χ4n) is 1.31. The normalized spacial score (nSPS) is 10.8. The largest absolute Gasteiger partial charge is 0.492 e. The summed E-state index contributed by atoms with van der Waals surface area (Å²) >= 11 is 0. The minimum atomic E-state index is -4.67. The SMILES string of the molecule is N#Cc1ccc(OCCC(=O)ONN)c(C(F)(F)F)c1. The number of hydrazine groups is 1. The molecule has 0 amide bonds. The second-order valence-electron chi connectivity index (χ2n) is 3.51. The van der Waals surface area contributed by atoms with Gasteiger partial charge in [0.1, 0.15) is 5.75 Å². The zero-order valence-corrected chi connectivity index (χ0v) is 10.0. The smallest absolute Gasteiger partial charge is 0.420 e. The maximum Gasteiger partial charge on any atom is 0.420 e. The number of nitrogens with two attached hydrogens (primary N) is 1. The fourth-order valence-corrected chi connectivity index (χ4v) is 1.31. The molecule has 0 aliphatic carbocycles. The van der Waals surface area contributed by atoms with Gasteiger partial charge in [0.25, 0.3) is 0 Å². The highest BCUT2D eigenvalue weighted by molar-refractivity contribution is 5.69. The predicted octanol–water partition coefficient (Wildman–Crippen LogP) is 1.27. The van der Waals surface area contributed by atoms with Crippen LogP contribution in [0.2, 0.25) is 0 Å². The minimum absolute atomic E-state index is 0.142. The molecule has 0 unspecified atom stereocenters. The molecule has 0 fully saturated rings. The summed E-state index contributed by atoms with van der Waals surface area (Å²) in [5.74, 6) is 3.46. The third-order valence-electron chi connectivity index (χ3n) is 2.15. The summed E-state index contributed by atoms with van der Waals surface area (Å²) in [4.78, 5) is 15.1. The lowest BCUT2D eigenvalue weighted by molar-refractivity contribution is -0.151. The Kier molecular flexibility index (Phi) is 5.31. The van der Waals surface area contributed by atoms with E-state index in [9.17, 15) is 18.0 Å². The van der Waals surface area contributed by atoms with Crippen LogP contribution in [0.3, 0.4) is 0 Å². The standard InChI is InChI=1S/C11H10F3N3O3/c12-11(13,14)8-5-7(6-15)1-2-9(8)19-4-3-10(18)20-17-16/h1-2,5,17H,3-4,16H2. The van der Waals surface area contributed by atoms with Gasteiger partial charge in [0.15, 0.2) is 0 Å². The Balaban J connectivity index is 2.80. The van der Waals surface area contributed by atoms with E-state index in [-0.39, 0.29) is 18.6 Å². The number of alkyl halides is 3. The van der Waals surface area contributed by atoms with E-state index in [1.807, 2.05) is 0 Å². The number of carbonyl (C=O) groups is 1. The third kappa shape index (κ3) is 4.42. The fraction of sp³-hybridized carbons (Fsp3) is 0.273. The van der Waals surface area contributed by atoms with Gasteiger partial charge in [-0.25, -0.2) is 5.84 Å². The predicted molar refractivity (Wildman–Crippen MR) is 59.7 cm³/mol. The summed E-state index contributed by atoms with van der Waals surface area (Å²) in [5, 5.41) is 8.59. The van der Waals surface area contributed by atoms with Crippen LogP contribution in [0.1, 0.15) is 17.5 Å². The van der Waals surface area contributed by atoms with Crippen molar-refractivity contribution in [2.45, 2.75) is 12.6 Å². The molecule has 0 saturated heterocycles. The zero-order chi connectivity index (χ0) is 15.2. The average Bonchev–Trinajstić information content (AvgIpc) is 2.38. The molecule has 108 valence electrons.